The largest absolute Gasteiger partial charge is 0.385 e. The van der Waals surface area contributed by atoms with Gasteiger partial charge in [-0.25, -0.2) is 4.98 Å². The fourth-order valence-corrected chi connectivity index (χ4v) is 4.36. The molecule has 0 N–H and O–H groups in total. The Kier molecular flexibility index (Phi) is 5.67. The maximum absolute atomic E-state index is 13.5. The Morgan fingerprint density at radius 1 is 1.31 bits per heavy atom. The van der Waals surface area contributed by atoms with Gasteiger partial charge >= 0.3 is 0 Å². The summed E-state index contributed by atoms with van der Waals surface area (Å²) in [6, 6.07) is 7.48. The number of carbonyl (C=O) groups excluding carboxylic acids is 1. The lowest BCUT2D eigenvalue weighted by molar-refractivity contribution is 0.0596. The molecule has 0 unspecified atom stereocenters. The third-order valence-electron chi connectivity index (χ3n) is 5.88. The molecule has 3 aromatic rings. The summed E-state index contributed by atoms with van der Waals surface area (Å²) < 4.78 is 8.65. The average Bonchev–Trinajstić information content (AvgIpc) is 3.12. The number of likely N-dealkylation sites (tertiary alicyclic amines) is 1. The summed E-state index contributed by atoms with van der Waals surface area (Å²) in [5.41, 5.74) is 1.57. The number of aromatic nitrogens is 3. The Hall–Kier alpha value is -2.67. The Balaban J connectivity index is 1.86. The van der Waals surface area contributed by atoms with E-state index in [2.05, 4.69) is 6.92 Å². The molecule has 0 aliphatic carbocycles. The van der Waals surface area contributed by atoms with Crippen molar-refractivity contribution >= 4 is 22.6 Å². The fraction of sp³-hybridized carbons (Fsp3) is 0.500. The van der Waals surface area contributed by atoms with Gasteiger partial charge in [0.15, 0.2) is 0 Å². The monoisotopic (exact) mass is 396 g/mol. The summed E-state index contributed by atoms with van der Waals surface area (Å²) >= 11 is 0. The van der Waals surface area contributed by atoms with Crippen LogP contribution in [0, 0.1) is 0 Å². The van der Waals surface area contributed by atoms with E-state index in [1.807, 2.05) is 27.7 Å². The number of aryl methyl sites for hydroxylation is 1. The van der Waals surface area contributed by atoms with Crippen molar-refractivity contribution in [2.45, 2.75) is 51.6 Å². The first kappa shape index (κ1) is 19.6. The zero-order valence-corrected chi connectivity index (χ0v) is 17.1. The predicted octanol–water partition coefficient (Wildman–Crippen LogP) is 3.09. The molecule has 0 radical (unpaired) electrons. The molecule has 7 heteroatoms. The molecule has 29 heavy (non-hydrogen) atoms. The zero-order chi connectivity index (χ0) is 20.4. The molecule has 0 saturated carbocycles. The van der Waals surface area contributed by atoms with Crippen LogP contribution in [0.1, 0.15) is 49.5 Å². The van der Waals surface area contributed by atoms with Crippen LogP contribution in [0.4, 0.5) is 0 Å². The van der Waals surface area contributed by atoms with Crippen LogP contribution in [0.2, 0.25) is 0 Å². The van der Waals surface area contributed by atoms with Gasteiger partial charge in [0.05, 0.1) is 5.39 Å². The second-order valence-corrected chi connectivity index (χ2v) is 7.67. The van der Waals surface area contributed by atoms with Gasteiger partial charge in [-0.2, -0.15) is 0 Å². The van der Waals surface area contributed by atoms with Crippen LogP contribution in [0.3, 0.4) is 0 Å². The minimum absolute atomic E-state index is 0.000392. The summed E-state index contributed by atoms with van der Waals surface area (Å²) in [5, 5.41) is 0.486. The van der Waals surface area contributed by atoms with E-state index in [0.29, 0.717) is 35.5 Å². The molecule has 3 aromatic heterocycles. The number of carbonyl (C=O) groups is 1. The fourth-order valence-electron chi connectivity index (χ4n) is 4.36. The number of amides is 1. The zero-order valence-electron chi connectivity index (χ0n) is 17.1. The first-order valence-corrected chi connectivity index (χ1v) is 10.5. The standard InChI is InChI=1S/C22H28N4O3/c1-3-16-9-4-6-11-24(16)22(28)18-15-17-20(25(18)13-8-14-29-2)23-19-10-5-7-12-26(19)21(17)27/h5,7,10,12,15-16H,3-4,6,8-9,11,13-14H2,1-2H3/t16-/m0/s1. The van der Waals surface area contributed by atoms with E-state index in [-0.39, 0.29) is 17.5 Å². The van der Waals surface area contributed by atoms with Crippen molar-refractivity contribution in [3.05, 3.63) is 46.5 Å². The molecule has 4 heterocycles. The lowest BCUT2D eigenvalue weighted by atomic mass is 9.99. The van der Waals surface area contributed by atoms with Crippen LogP contribution in [-0.2, 0) is 11.3 Å². The van der Waals surface area contributed by atoms with E-state index in [9.17, 15) is 9.59 Å². The van der Waals surface area contributed by atoms with Crippen LogP contribution in [-0.4, -0.2) is 51.1 Å². The van der Waals surface area contributed by atoms with E-state index < -0.39 is 0 Å². The minimum Gasteiger partial charge on any atom is -0.385 e. The molecule has 1 aliphatic heterocycles. The van der Waals surface area contributed by atoms with Crippen LogP contribution in [0.15, 0.2) is 35.3 Å². The molecule has 0 spiro atoms. The van der Waals surface area contributed by atoms with E-state index in [1.165, 1.54) is 4.40 Å². The number of rotatable bonds is 6. The van der Waals surface area contributed by atoms with Crippen molar-refractivity contribution in [1.29, 1.82) is 0 Å². The predicted molar refractivity (Wildman–Crippen MR) is 112 cm³/mol. The number of pyridine rings is 1. The van der Waals surface area contributed by atoms with Crippen LogP contribution in [0.25, 0.3) is 16.7 Å². The van der Waals surface area contributed by atoms with Crippen molar-refractivity contribution in [3.63, 3.8) is 0 Å². The number of nitrogens with zero attached hydrogens (tertiary/aromatic N) is 4. The molecule has 4 rings (SSSR count). The molecular weight excluding hydrogens is 368 g/mol. The van der Waals surface area contributed by atoms with Crippen molar-refractivity contribution < 1.29 is 9.53 Å². The number of hydrogen-bond donors (Lipinski definition) is 0. The Morgan fingerprint density at radius 2 is 2.17 bits per heavy atom. The van der Waals surface area contributed by atoms with Crippen LogP contribution < -0.4 is 5.56 Å². The Bertz CT molecular complexity index is 1080. The smallest absolute Gasteiger partial charge is 0.270 e. The molecule has 7 nitrogen and oxygen atoms in total. The molecule has 1 amide bonds. The van der Waals surface area contributed by atoms with Crippen molar-refractivity contribution in [2.75, 3.05) is 20.3 Å². The maximum Gasteiger partial charge on any atom is 0.270 e. The lowest BCUT2D eigenvalue weighted by Gasteiger charge is -2.35. The molecular formula is C22H28N4O3. The molecule has 1 saturated heterocycles. The van der Waals surface area contributed by atoms with E-state index in [0.717, 1.165) is 38.6 Å². The normalized spacial score (nSPS) is 17.3. The van der Waals surface area contributed by atoms with Gasteiger partial charge in [0.25, 0.3) is 11.5 Å². The maximum atomic E-state index is 13.5. The van der Waals surface area contributed by atoms with Gasteiger partial charge in [-0.1, -0.05) is 13.0 Å². The quantitative estimate of drug-likeness (QED) is 0.601. The highest BCUT2D eigenvalue weighted by Gasteiger charge is 2.29. The lowest BCUT2D eigenvalue weighted by Crippen LogP contribution is -2.44. The highest BCUT2D eigenvalue weighted by Crippen LogP contribution is 2.24. The van der Waals surface area contributed by atoms with Gasteiger partial charge in [-0.15, -0.1) is 0 Å². The average molecular weight is 396 g/mol. The number of piperidine rings is 1. The number of hydrogen-bond acceptors (Lipinski definition) is 4. The highest BCUT2D eigenvalue weighted by atomic mass is 16.5. The topological polar surface area (TPSA) is 68.8 Å². The van der Waals surface area contributed by atoms with Crippen LogP contribution in [0.5, 0.6) is 0 Å². The molecule has 1 fully saturated rings. The summed E-state index contributed by atoms with van der Waals surface area (Å²) in [4.78, 5) is 33.3. The van der Waals surface area contributed by atoms with E-state index in [1.54, 1.807) is 19.4 Å². The Labute approximate surface area is 169 Å². The van der Waals surface area contributed by atoms with Gasteiger partial charge in [-0.3, -0.25) is 14.0 Å². The second-order valence-electron chi connectivity index (χ2n) is 7.67. The number of methoxy groups -OCH3 is 1. The summed E-state index contributed by atoms with van der Waals surface area (Å²) in [6.45, 7) is 4.07. The Morgan fingerprint density at radius 3 is 2.97 bits per heavy atom. The van der Waals surface area contributed by atoms with Crippen molar-refractivity contribution in [2.24, 2.45) is 0 Å². The summed E-state index contributed by atoms with van der Waals surface area (Å²) in [6.07, 6.45) is 6.63. The highest BCUT2D eigenvalue weighted by molar-refractivity contribution is 5.98. The molecule has 1 aliphatic rings. The van der Waals surface area contributed by atoms with E-state index >= 15 is 0 Å². The van der Waals surface area contributed by atoms with Gasteiger partial charge < -0.3 is 14.2 Å². The second kappa shape index (κ2) is 8.37. The first-order chi connectivity index (χ1) is 14.2. The van der Waals surface area contributed by atoms with Crippen molar-refractivity contribution in [1.82, 2.24) is 18.9 Å². The van der Waals surface area contributed by atoms with Gasteiger partial charge in [0.2, 0.25) is 0 Å². The first-order valence-electron chi connectivity index (χ1n) is 10.5. The summed E-state index contributed by atoms with van der Waals surface area (Å²) in [7, 11) is 1.66. The molecule has 1 atom stereocenters. The summed E-state index contributed by atoms with van der Waals surface area (Å²) in [5.74, 6) is 0.000392. The van der Waals surface area contributed by atoms with Gasteiger partial charge in [0, 0.05) is 39.0 Å². The molecule has 154 valence electrons. The third kappa shape index (κ3) is 3.55. The van der Waals surface area contributed by atoms with Gasteiger partial charge in [-0.05, 0) is 50.3 Å². The molecule has 0 aromatic carbocycles. The third-order valence-corrected chi connectivity index (χ3v) is 5.88. The van der Waals surface area contributed by atoms with E-state index in [4.69, 9.17) is 9.72 Å². The number of fused-ring (bicyclic) bond motifs is 2. The number of ether oxygens (including phenoxy) is 1. The minimum atomic E-state index is -0.143. The van der Waals surface area contributed by atoms with Gasteiger partial charge in [0.1, 0.15) is 17.0 Å². The SMILES string of the molecule is CC[C@H]1CCCCN1C(=O)c1cc2c(=O)n3ccccc3nc2n1CCCOC. The molecule has 0 bridgehead atoms. The van der Waals surface area contributed by atoms with Crippen molar-refractivity contribution in [3.8, 4) is 0 Å². The van der Waals surface area contributed by atoms with Crippen LogP contribution >= 0.6 is 0 Å².